The number of benzene rings is 2. The van der Waals surface area contributed by atoms with Gasteiger partial charge in [0.25, 0.3) is 5.69 Å². The number of nitro benzene ring substituents is 1. The summed E-state index contributed by atoms with van der Waals surface area (Å²) in [5.41, 5.74) is 0.854. The fourth-order valence-corrected chi connectivity index (χ4v) is 2.34. The molecule has 0 saturated carbocycles. The van der Waals surface area contributed by atoms with Crippen molar-refractivity contribution < 1.29 is 23.9 Å². The second kappa shape index (κ2) is 6.45. The normalized spacial score (nSPS) is 11.9. The number of hydrogen-bond donors (Lipinski definition) is 1. The number of nitro groups is 1. The minimum absolute atomic E-state index is 0.0858. The van der Waals surface area contributed by atoms with Crippen molar-refractivity contribution in [1.82, 2.24) is 0 Å². The minimum Gasteiger partial charge on any atom is -0.495 e. The van der Waals surface area contributed by atoms with Crippen molar-refractivity contribution in [2.45, 2.75) is 6.42 Å². The number of non-ortho nitro benzene ring substituents is 1. The molecule has 0 spiro atoms. The topological polar surface area (TPSA) is 99.9 Å². The van der Waals surface area contributed by atoms with Gasteiger partial charge in [-0.15, -0.1) is 0 Å². The van der Waals surface area contributed by atoms with E-state index in [1.54, 1.807) is 18.2 Å². The number of carbonyl (C=O) groups excluding carboxylic acids is 1. The summed E-state index contributed by atoms with van der Waals surface area (Å²) in [6.45, 7) is 0.163. The molecule has 8 heteroatoms. The van der Waals surface area contributed by atoms with E-state index < -0.39 is 4.92 Å². The number of anilines is 1. The van der Waals surface area contributed by atoms with Gasteiger partial charge in [0.05, 0.1) is 24.1 Å². The third-order valence-corrected chi connectivity index (χ3v) is 3.47. The fourth-order valence-electron chi connectivity index (χ4n) is 2.34. The van der Waals surface area contributed by atoms with Gasteiger partial charge in [0.2, 0.25) is 12.7 Å². The molecular formula is C16H14N2O6. The van der Waals surface area contributed by atoms with E-state index in [0.29, 0.717) is 17.2 Å². The van der Waals surface area contributed by atoms with Gasteiger partial charge in [-0.25, -0.2) is 0 Å². The highest BCUT2D eigenvalue weighted by molar-refractivity contribution is 5.94. The van der Waals surface area contributed by atoms with E-state index in [1.807, 2.05) is 0 Å². The quantitative estimate of drug-likeness (QED) is 0.668. The van der Waals surface area contributed by atoms with Crippen LogP contribution in [0.5, 0.6) is 17.2 Å². The zero-order valence-electron chi connectivity index (χ0n) is 12.8. The summed E-state index contributed by atoms with van der Waals surface area (Å²) in [5, 5.41) is 13.5. The van der Waals surface area contributed by atoms with Gasteiger partial charge in [-0.3, -0.25) is 14.9 Å². The lowest BCUT2D eigenvalue weighted by Gasteiger charge is -2.10. The smallest absolute Gasteiger partial charge is 0.271 e. The number of fused-ring (bicyclic) bond motifs is 1. The molecule has 8 nitrogen and oxygen atoms in total. The number of hydrogen-bond acceptors (Lipinski definition) is 6. The third-order valence-electron chi connectivity index (χ3n) is 3.47. The minimum atomic E-state index is -0.535. The maximum absolute atomic E-state index is 12.2. The number of methoxy groups -OCH3 is 1. The van der Waals surface area contributed by atoms with Crippen molar-refractivity contribution in [3.8, 4) is 17.2 Å². The Labute approximate surface area is 137 Å². The monoisotopic (exact) mass is 330 g/mol. The highest BCUT2D eigenvalue weighted by Crippen LogP contribution is 2.33. The first kappa shape index (κ1) is 15.6. The highest BCUT2D eigenvalue weighted by atomic mass is 16.7. The SMILES string of the molecule is COc1ccc([N+](=O)[O-])cc1NC(=O)Cc1ccc2c(c1)OCO2. The van der Waals surface area contributed by atoms with Crippen LogP contribution < -0.4 is 19.5 Å². The molecule has 1 heterocycles. The molecule has 0 aromatic heterocycles. The van der Waals surface area contributed by atoms with E-state index in [1.165, 1.54) is 25.3 Å². The van der Waals surface area contributed by atoms with Crippen LogP contribution in [0, 0.1) is 10.1 Å². The molecule has 0 aliphatic carbocycles. The van der Waals surface area contributed by atoms with Gasteiger partial charge in [-0.05, 0) is 23.8 Å². The summed E-state index contributed by atoms with van der Waals surface area (Å²) in [7, 11) is 1.43. The first-order valence-electron chi connectivity index (χ1n) is 7.07. The van der Waals surface area contributed by atoms with Crippen LogP contribution >= 0.6 is 0 Å². The number of nitrogens with one attached hydrogen (secondary N) is 1. The number of rotatable bonds is 5. The van der Waals surface area contributed by atoms with Crippen LogP contribution in [-0.2, 0) is 11.2 Å². The van der Waals surface area contributed by atoms with Crippen LogP contribution in [0.1, 0.15) is 5.56 Å². The standard InChI is InChI=1S/C16H14N2O6/c1-22-13-5-3-11(18(20)21)8-12(13)17-16(19)7-10-2-4-14-15(6-10)24-9-23-14/h2-6,8H,7,9H2,1H3,(H,17,19). The summed E-state index contributed by atoms with van der Waals surface area (Å²) in [6, 6.07) is 9.24. The van der Waals surface area contributed by atoms with E-state index in [2.05, 4.69) is 5.32 Å². The van der Waals surface area contributed by atoms with Crippen molar-refractivity contribution in [3.05, 3.63) is 52.1 Å². The van der Waals surface area contributed by atoms with Gasteiger partial charge in [0, 0.05) is 12.1 Å². The zero-order chi connectivity index (χ0) is 17.1. The molecule has 0 fully saturated rings. The molecule has 2 aromatic rings. The summed E-state index contributed by atoms with van der Waals surface area (Å²) in [6.07, 6.45) is 0.0858. The Morgan fingerprint density at radius 3 is 2.79 bits per heavy atom. The van der Waals surface area contributed by atoms with E-state index in [-0.39, 0.29) is 30.5 Å². The van der Waals surface area contributed by atoms with Crippen molar-refractivity contribution in [2.24, 2.45) is 0 Å². The number of ether oxygens (including phenoxy) is 3. The molecule has 1 aliphatic heterocycles. The molecule has 0 unspecified atom stereocenters. The number of carbonyl (C=O) groups is 1. The van der Waals surface area contributed by atoms with Crippen LogP contribution in [0.3, 0.4) is 0 Å². The van der Waals surface area contributed by atoms with E-state index in [0.717, 1.165) is 5.56 Å². The fraction of sp³-hybridized carbons (Fsp3) is 0.188. The Hall–Kier alpha value is -3.29. The molecule has 0 atom stereocenters. The van der Waals surface area contributed by atoms with Crippen LogP contribution in [-0.4, -0.2) is 24.7 Å². The largest absolute Gasteiger partial charge is 0.495 e. The molecule has 124 valence electrons. The molecule has 0 bridgehead atoms. The Bertz CT molecular complexity index is 805. The van der Waals surface area contributed by atoms with Gasteiger partial charge in [-0.2, -0.15) is 0 Å². The lowest BCUT2D eigenvalue weighted by atomic mass is 10.1. The van der Waals surface area contributed by atoms with Crippen molar-refractivity contribution >= 4 is 17.3 Å². The summed E-state index contributed by atoms with van der Waals surface area (Å²) < 4.78 is 15.6. The first-order chi connectivity index (χ1) is 11.6. The molecule has 1 amide bonds. The van der Waals surface area contributed by atoms with Crippen molar-refractivity contribution in [3.63, 3.8) is 0 Å². The lowest BCUT2D eigenvalue weighted by Crippen LogP contribution is -2.15. The van der Waals surface area contributed by atoms with Gasteiger partial charge in [0.1, 0.15) is 5.75 Å². The van der Waals surface area contributed by atoms with Crippen molar-refractivity contribution in [2.75, 3.05) is 19.2 Å². The average molecular weight is 330 g/mol. The van der Waals surface area contributed by atoms with E-state index in [9.17, 15) is 14.9 Å². The van der Waals surface area contributed by atoms with Gasteiger partial charge >= 0.3 is 0 Å². The molecule has 3 rings (SSSR count). The predicted octanol–water partition coefficient (Wildman–Crippen LogP) is 2.51. The maximum atomic E-state index is 12.2. The molecule has 2 aromatic carbocycles. The average Bonchev–Trinajstić information content (AvgIpc) is 3.02. The van der Waals surface area contributed by atoms with E-state index >= 15 is 0 Å². The number of amides is 1. The molecule has 24 heavy (non-hydrogen) atoms. The highest BCUT2D eigenvalue weighted by Gasteiger charge is 2.16. The Morgan fingerprint density at radius 2 is 2.04 bits per heavy atom. The van der Waals surface area contributed by atoms with Crippen molar-refractivity contribution in [1.29, 1.82) is 0 Å². The number of nitrogens with zero attached hydrogens (tertiary/aromatic N) is 1. The Balaban J connectivity index is 1.75. The summed E-state index contributed by atoms with van der Waals surface area (Å²) >= 11 is 0. The van der Waals surface area contributed by atoms with Crippen LogP contribution in [0.2, 0.25) is 0 Å². The summed E-state index contributed by atoms with van der Waals surface area (Å²) in [4.78, 5) is 22.6. The zero-order valence-corrected chi connectivity index (χ0v) is 12.8. The lowest BCUT2D eigenvalue weighted by molar-refractivity contribution is -0.384. The Morgan fingerprint density at radius 1 is 1.25 bits per heavy atom. The van der Waals surface area contributed by atoms with Gasteiger partial charge in [-0.1, -0.05) is 6.07 Å². The molecule has 0 radical (unpaired) electrons. The molecular weight excluding hydrogens is 316 g/mol. The predicted molar refractivity (Wildman–Crippen MR) is 84.5 cm³/mol. The van der Waals surface area contributed by atoms with Crippen LogP contribution in [0.25, 0.3) is 0 Å². The second-order valence-corrected chi connectivity index (χ2v) is 5.05. The van der Waals surface area contributed by atoms with Crippen LogP contribution in [0.15, 0.2) is 36.4 Å². The molecule has 0 saturated heterocycles. The van der Waals surface area contributed by atoms with Gasteiger partial charge < -0.3 is 19.5 Å². The second-order valence-electron chi connectivity index (χ2n) is 5.05. The first-order valence-corrected chi connectivity index (χ1v) is 7.07. The van der Waals surface area contributed by atoms with Gasteiger partial charge in [0.15, 0.2) is 11.5 Å². The Kier molecular flexibility index (Phi) is 4.19. The molecule has 1 N–H and O–H groups in total. The maximum Gasteiger partial charge on any atom is 0.271 e. The van der Waals surface area contributed by atoms with Crippen LogP contribution in [0.4, 0.5) is 11.4 Å². The molecule has 1 aliphatic rings. The summed E-state index contributed by atoms with van der Waals surface area (Å²) in [5.74, 6) is 1.25. The van der Waals surface area contributed by atoms with E-state index in [4.69, 9.17) is 14.2 Å². The third kappa shape index (κ3) is 3.22.